The number of aromatic nitrogens is 3. The van der Waals surface area contributed by atoms with Gasteiger partial charge in [-0.25, -0.2) is 9.97 Å². The molecule has 0 saturated carbocycles. The lowest BCUT2D eigenvalue weighted by Crippen LogP contribution is -2.73. The second-order valence-electron chi connectivity index (χ2n) is 16.5. The van der Waals surface area contributed by atoms with Crippen molar-refractivity contribution >= 4 is 50.8 Å². The molecule has 0 fully saturated rings. The standard InChI is InChI=1S/C55H39N3Si/c1-55(2)45-30-15-12-28-43(45)49-46(55)34-33-42-41-27-13-16-31-47(41)58(52(42)49)38-22-18-21-37(35-38)53-56-51(36-19-6-3-7-20-36)50-44-29-14-17-32-48(44)59(54(50)57-53,39-23-8-4-9-24-39)40-25-10-5-11-26-40/h3-35H,1-2H3. The number of para-hydroxylation sites is 1. The quantitative estimate of drug-likeness (QED) is 0.163. The molecule has 2 aromatic heterocycles. The lowest BCUT2D eigenvalue weighted by Gasteiger charge is -2.30. The average molecular weight is 770 g/mol. The maximum absolute atomic E-state index is 5.83. The highest BCUT2D eigenvalue weighted by molar-refractivity contribution is 7.21. The van der Waals surface area contributed by atoms with E-state index in [0.717, 1.165) is 39.2 Å². The predicted molar refractivity (Wildman–Crippen MR) is 247 cm³/mol. The predicted octanol–water partition coefficient (Wildman–Crippen LogP) is 10.6. The van der Waals surface area contributed by atoms with Crippen molar-refractivity contribution in [3.05, 3.63) is 211 Å². The van der Waals surface area contributed by atoms with Gasteiger partial charge in [0.2, 0.25) is 8.07 Å². The molecule has 3 heterocycles. The number of fused-ring (bicyclic) bond motifs is 10. The molecular formula is C55H39N3Si. The van der Waals surface area contributed by atoms with Gasteiger partial charge in [0.25, 0.3) is 0 Å². The molecule has 10 aromatic rings. The summed E-state index contributed by atoms with van der Waals surface area (Å²) in [5, 5.41) is 7.63. The third-order valence-corrected chi connectivity index (χ3v) is 17.8. The van der Waals surface area contributed by atoms with Crippen LogP contribution >= 0.6 is 0 Å². The molecule has 0 spiro atoms. The van der Waals surface area contributed by atoms with Crippen LogP contribution in [-0.2, 0) is 5.41 Å². The summed E-state index contributed by atoms with van der Waals surface area (Å²) in [6.45, 7) is 4.72. The Balaban J connectivity index is 1.16. The third-order valence-electron chi connectivity index (χ3n) is 13.1. The Bertz CT molecular complexity index is 3250. The molecule has 0 saturated heterocycles. The molecule has 0 radical (unpaired) electrons. The first-order valence-corrected chi connectivity index (χ1v) is 22.5. The lowest BCUT2D eigenvalue weighted by molar-refractivity contribution is 0.661. The van der Waals surface area contributed by atoms with E-state index in [1.165, 1.54) is 65.2 Å². The van der Waals surface area contributed by atoms with Crippen molar-refractivity contribution in [2.45, 2.75) is 19.3 Å². The maximum Gasteiger partial charge on any atom is 0.203 e. The second kappa shape index (κ2) is 12.7. The molecule has 0 unspecified atom stereocenters. The fraction of sp³-hybridized carbons (Fsp3) is 0.0545. The molecular weight excluding hydrogens is 731 g/mol. The summed E-state index contributed by atoms with van der Waals surface area (Å²) < 4.78 is 2.49. The molecule has 278 valence electrons. The Morgan fingerprint density at radius 2 is 1.10 bits per heavy atom. The van der Waals surface area contributed by atoms with Gasteiger partial charge < -0.3 is 4.57 Å². The van der Waals surface area contributed by atoms with E-state index in [-0.39, 0.29) is 5.41 Å². The van der Waals surface area contributed by atoms with E-state index in [1.54, 1.807) is 0 Å². The summed E-state index contributed by atoms with van der Waals surface area (Å²) in [7, 11) is -2.91. The zero-order valence-corrected chi connectivity index (χ0v) is 33.9. The Kier molecular flexibility index (Phi) is 7.29. The van der Waals surface area contributed by atoms with Gasteiger partial charge in [-0.05, 0) is 56.0 Å². The molecule has 0 atom stereocenters. The van der Waals surface area contributed by atoms with Gasteiger partial charge in [-0.2, -0.15) is 0 Å². The van der Waals surface area contributed by atoms with Crippen LogP contribution in [0.4, 0.5) is 0 Å². The summed E-state index contributed by atoms with van der Waals surface area (Å²) in [6.07, 6.45) is 0. The molecule has 3 nitrogen and oxygen atoms in total. The SMILES string of the molecule is CC1(C)c2ccccc2-c2c1ccc1c3ccccc3n(-c3cccc(-c4nc(-c5ccccc5)c5c(n4)[Si](c4ccccc4)(c4ccccc4)c4ccccc4-5)c3)c21. The minimum Gasteiger partial charge on any atom is -0.309 e. The number of benzene rings is 8. The lowest BCUT2D eigenvalue weighted by atomic mass is 9.82. The van der Waals surface area contributed by atoms with Crippen LogP contribution in [0.3, 0.4) is 0 Å². The van der Waals surface area contributed by atoms with E-state index in [9.17, 15) is 0 Å². The maximum atomic E-state index is 5.83. The summed E-state index contributed by atoms with van der Waals surface area (Å²) in [5.74, 6) is 0.735. The normalized spacial score (nSPS) is 14.2. The van der Waals surface area contributed by atoms with Crippen LogP contribution in [0.15, 0.2) is 200 Å². The Morgan fingerprint density at radius 1 is 0.475 bits per heavy atom. The van der Waals surface area contributed by atoms with E-state index in [2.05, 4.69) is 219 Å². The van der Waals surface area contributed by atoms with Crippen molar-refractivity contribution in [1.82, 2.24) is 14.5 Å². The summed E-state index contributed by atoms with van der Waals surface area (Å²) in [6, 6.07) is 73.3. The van der Waals surface area contributed by atoms with E-state index in [0.29, 0.717) is 0 Å². The van der Waals surface area contributed by atoms with Gasteiger partial charge in [-0.1, -0.05) is 196 Å². The van der Waals surface area contributed by atoms with Crippen LogP contribution < -0.4 is 20.9 Å². The molecule has 1 aliphatic carbocycles. The zero-order chi connectivity index (χ0) is 39.3. The highest BCUT2D eigenvalue weighted by atomic mass is 28.3. The minimum absolute atomic E-state index is 0.110. The topological polar surface area (TPSA) is 30.7 Å². The van der Waals surface area contributed by atoms with Gasteiger partial charge in [0, 0.05) is 44.1 Å². The third kappa shape index (κ3) is 4.69. The highest BCUT2D eigenvalue weighted by Crippen LogP contribution is 2.53. The molecule has 4 heteroatoms. The zero-order valence-electron chi connectivity index (χ0n) is 32.9. The van der Waals surface area contributed by atoms with Gasteiger partial charge in [0.15, 0.2) is 5.82 Å². The van der Waals surface area contributed by atoms with E-state index >= 15 is 0 Å². The molecule has 0 bridgehead atoms. The fourth-order valence-corrected chi connectivity index (χ4v) is 15.5. The molecule has 1 aliphatic heterocycles. The first-order chi connectivity index (χ1) is 29.0. The van der Waals surface area contributed by atoms with Crippen LogP contribution in [0.25, 0.3) is 72.4 Å². The molecule has 12 rings (SSSR count). The Morgan fingerprint density at radius 3 is 1.86 bits per heavy atom. The Labute approximate surface area is 345 Å². The summed E-state index contributed by atoms with van der Waals surface area (Å²) in [5.41, 5.74) is 14.2. The van der Waals surface area contributed by atoms with Gasteiger partial charge in [-0.15, -0.1) is 0 Å². The van der Waals surface area contributed by atoms with Crippen LogP contribution in [-0.4, -0.2) is 22.6 Å². The fourth-order valence-electron chi connectivity index (χ4n) is 10.5. The van der Waals surface area contributed by atoms with Crippen molar-refractivity contribution in [2.75, 3.05) is 0 Å². The first-order valence-electron chi connectivity index (χ1n) is 20.5. The minimum atomic E-state index is -2.91. The van der Waals surface area contributed by atoms with E-state index in [1.807, 2.05) is 0 Å². The van der Waals surface area contributed by atoms with E-state index < -0.39 is 8.07 Å². The largest absolute Gasteiger partial charge is 0.309 e. The van der Waals surface area contributed by atoms with Crippen LogP contribution in [0, 0.1) is 0 Å². The average Bonchev–Trinajstić information content (AvgIpc) is 3.88. The molecule has 0 amide bonds. The smallest absolute Gasteiger partial charge is 0.203 e. The molecule has 2 aliphatic rings. The van der Waals surface area contributed by atoms with Crippen molar-refractivity contribution in [2.24, 2.45) is 0 Å². The van der Waals surface area contributed by atoms with Crippen LogP contribution in [0.5, 0.6) is 0 Å². The van der Waals surface area contributed by atoms with Gasteiger partial charge in [0.1, 0.15) is 0 Å². The molecule has 0 N–H and O–H groups in total. The van der Waals surface area contributed by atoms with Gasteiger partial charge in [-0.3, -0.25) is 0 Å². The summed E-state index contributed by atoms with van der Waals surface area (Å²) in [4.78, 5) is 11.4. The van der Waals surface area contributed by atoms with Gasteiger partial charge in [0.05, 0.1) is 22.0 Å². The highest BCUT2D eigenvalue weighted by Gasteiger charge is 2.51. The number of hydrogen-bond acceptors (Lipinski definition) is 2. The number of nitrogens with zero attached hydrogens (tertiary/aromatic N) is 3. The van der Waals surface area contributed by atoms with Crippen molar-refractivity contribution < 1.29 is 0 Å². The Hall–Kier alpha value is -7.14. The number of hydrogen-bond donors (Lipinski definition) is 0. The number of rotatable bonds is 5. The molecule has 59 heavy (non-hydrogen) atoms. The van der Waals surface area contributed by atoms with Crippen LogP contribution in [0.1, 0.15) is 25.0 Å². The second-order valence-corrected chi connectivity index (χ2v) is 20.1. The molecule has 8 aromatic carbocycles. The van der Waals surface area contributed by atoms with Crippen molar-refractivity contribution in [1.29, 1.82) is 0 Å². The summed E-state index contributed by atoms with van der Waals surface area (Å²) >= 11 is 0. The first kappa shape index (κ1) is 33.9. The van der Waals surface area contributed by atoms with Crippen molar-refractivity contribution in [3.8, 4) is 50.6 Å². The van der Waals surface area contributed by atoms with Gasteiger partial charge >= 0.3 is 0 Å². The van der Waals surface area contributed by atoms with E-state index in [4.69, 9.17) is 9.97 Å². The van der Waals surface area contributed by atoms with Crippen LogP contribution in [0.2, 0.25) is 0 Å². The monoisotopic (exact) mass is 769 g/mol. The van der Waals surface area contributed by atoms with Crippen molar-refractivity contribution in [3.63, 3.8) is 0 Å².